The van der Waals surface area contributed by atoms with E-state index in [9.17, 15) is 19.2 Å². The van der Waals surface area contributed by atoms with Crippen molar-refractivity contribution in [1.82, 2.24) is 9.97 Å². The highest BCUT2D eigenvalue weighted by atomic mass is 32.1. The number of hydrogen-bond donors (Lipinski definition) is 1. The monoisotopic (exact) mass is 410 g/mol. The summed E-state index contributed by atoms with van der Waals surface area (Å²) in [5.41, 5.74) is 0.599. The standard InChI is InChI=1S/C17H18N2O8S/c1-7(20)24-4-11-14(25-8(2)21)15(26-9(3)22)13(27-11)10-5-28-16-12(10)18-6-19-17(16)23/h5-6,11,13-15H,4H2,1-3H3,(H,18,19,23)/t11-,13+,14-,15+/m1/s1. The molecule has 4 atom stereocenters. The number of ether oxygens (including phenoxy) is 4. The molecule has 0 spiro atoms. The lowest BCUT2D eigenvalue weighted by molar-refractivity contribution is -0.165. The Labute approximate surface area is 162 Å². The molecule has 1 N–H and O–H groups in total. The zero-order chi connectivity index (χ0) is 20.4. The summed E-state index contributed by atoms with van der Waals surface area (Å²) in [7, 11) is 0. The van der Waals surface area contributed by atoms with Gasteiger partial charge in [-0.2, -0.15) is 0 Å². The SMILES string of the molecule is CC(=O)OC[C@H]1O[C@@H](c2csc3c(=O)[nH]cnc23)[C@H](OC(C)=O)[C@@H]1OC(C)=O. The number of fused-ring (bicyclic) bond motifs is 1. The third-order valence-corrected chi connectivity index (χ3v) is 5.05. The minimum Gasteiger partial charge on any atom is -0.463 e. The average molecular weight is 410 g/mol. The summed E-state index contributed by atoms with van der Waals surface area (Å²) in [6.07, 6.45) is -2.46. The molecular weight excluding hydrogens is 392 g/mol. The maximum absolute atomic E-state index is 12.0. The number of H-pyrrole nitrogens is 1. The minimum atomic E-state index is -0.999. The second kappa shape index (κ2) is 8.07. The third-order valence-electron chi connectivity index (χ3n) is 4.06. The average Bonchev–Trinajstić information content (AvgIpc) is 3.16. The van der Waals surface area contributed by atoms with Crippen LogP contribution in [0.15, 0.2) is 16.5 Å². The number of esters is 3. The zero-order valence-corrected chi connectivity index (χ0v) is 16.1. The van der Waals surface area contributed by atoms with Gasteiger partial charge in [0.15, 0.2) is 12.2 Å². The van der Waals surface area contributed by atoms with E-state index in [0.29, 0.717) is 15.8 Å². The van der Waals surface area contributed by atoms with Crippen molar-refractivity contribution in [1.29, 1.82) is 0 Å². The van der Waals surface area contributed by atoms with Gasteiger partial charge in [0.2, 0.25) is 0 Å². The van der Waals surface area contributed by atoms with E-state index >= 15 is 0 Å². The maximum Gasteiger partial charge on any atom is 0.303 e. The predicted octanol–water partition coefficient (Wildman–Crippen LogP) is 0.851. The third kappa shape index (κ3) is 4.04. The van der Waals surface area contributed by atoms with Crippen LogP contribution in [-0.2, 0) is 33.3 Å². The van der Waals surface area contributed by atoms with E-state index in [2.05, 4.69) is 9.97 Å². The first-order valence-corrected chi connectivity index (χ1v) is 9.24. The smallest absolute Gasteiger partial charge is 0.303 e. The van der Waals surface area contributed by atoms with Crippen LogP contribution in [0.4, 0.5) is 0 Å². The molecule has 0 amide bonds. The highest BCUT2D eigenvalue weighted by Gasteiger charge is 2.51. The Morgan fingerprint density at radius 1 is 1.14 bits per heavy atom. The molecule has 150 valence electrons. The van der Waals surface area contributed by atoms with Gasteiger partial charge < -0.3 is 23.9 Å². The summed E-state index contributed by atoms with van der Waals surface area (Å²) < 4.78 is 22.0. The van der Waals surface area contributed by atoms with Gasteiger partial charge >= 0.3 is 17.9 Å². The van der Waals surface area contributed by atoms with E-state index in [-0.39, 0.29) is 12.2 Å². The number of carbonyl (C=O) groups excluding carboxylic acids is 3. The Balaban J connectivity index is 2.02. The van der Waals surface area contributed by atoms with Gasteiger partial charge in [-0.1, -0.05) is 0 Å². The number of nitrogens with zero attached hydrogens (tertiary/aromatic N) is 1. The van der Waals surface area contributed by atoms with Crippen molar-refractivity contribution in [2.75, 3.05) is 6.61 Å². The Morgan fingerprint density at radius 3 is 2.46 bits per heavy atom. The lowest BCUT2D eigenvalue weighted by Gasteiger charge is -2.23. The molecule has 1 aliphatic rings. The Bertz CT molecular complexity index is 967. The topological polar surface area (TPSA) is 134 Å². The number of aromatic amines is 1. The van der Waals surface area contributed by atoms with Crippen molar-refractivity contribution >= 4 is 39.5 Å². The van der Waals surface area contributed by atoms with Crippen molar-refractivity contribution in [2.45, 2.75) is 45.2 Å². The molecule has 0 saturated carbocycles. The summed E-state index contributed by atoms with van der Waals surface area (Å²) in [5.74, 6) is -1.75. The van der Waals surface area contributed by atoms with Gasteiger partial charge in [-0.3, -0.25) is 19.2 Å². The molecule has 3 rings (SSSR count). The van der Waals surface area contributed by atoms with E-state index < -0.39 is 42.3 Å². The summed E-state index contributed by atoms with van der Waals surface area (Å²) in [5, 5.41) is 1.67. The van der Waals surface area contributed by atoms with Crippen LogP contribution < -0.4 is 5.56 Å². The highest BCUT2D eigenvalue weighted by Crippen LogP contribution is 2.41. The molecule has 0 bridgehead atoms. The van der Waals surface area contributed by atoms with Crippen LogP contribution in [0.25, 0.3) is 10.2 Å². The predicted molar refractivity (Wildman–Crippen MR) is 95.6 cm³/mol. The molecule has 1 fully saturated rings. The van der Waals surface area contributed by atoms with Gasteiger partial charge in [-0.25, -0.2) is 4.98 Å². The maximum atomic E-state index is 12.0. The molecular formula is C17H18N2O8S. The molecule has 28 heavy (non-hydrogen) atoms. The number of carbonyl (C=O) groups is 3. The Hall–Kier alpha value is -2.79. The number of hydrogen-bond acceptors (Lipinski definition) is 10. The van der Waals surface area contributed by atoms with Gasteiger partial charge in [0.25, 0.3) is 5.56 Å². The van der Waals surface area contributed by atoms with Gasteiger partial charge in [-0.15, -0.1) is 11.3 Å². The van der Waals surface area contributed by atoms with Crippen LogP contribution >= 0.6 is 11.3 Å². The van der Waals surface area contributed by atoms with Crippen molar-refractivity contribution < 1.29 is 33.3 Å². The minimum absolute atomic E-state index is 0.197. The molecule has 1 aliphatic heterocycles. The van der Waals surface area contributed by atoms with Crippen LogP contribution in [0, 0.1) is 0 Å². The molecule has 0 radical (unpaired) electrons. The highest BCUT2D eigenvalue weighted by molar-refractivity contribution is 7.17. The molecule has 10 nitrogen and oxygen atoms in total. The number of thiophene rings is 1. The van der Waals surface area contributed by atoms with Crippen LogP contribution in [0.3, 0.4) is 0 Å². The van der Waals surface area contributed by atoms with Gasteiger partial charge in [0.05, 0.1) is 11.8 Å². The van der Waals surface area contributed by atoms with E-state index in [0.717, 1.165) is 11.3 Å². The fourth-order valence-corrected chi connectivity index (χ4v) is 3.99. The first-order chi connectivity index (χ1) is 13.3. The largest absolute Gasteiger partial charge is 0.463 e. The number of nitrogens with one attached hydrogen (secondary N) is 1. The first kappa shape index (κ1) is 20.0. The molecule has 0 unspecified atom stereocenters. The summed E-state index contributed by atoms with van der Waals surface area (Å²) in [6.45, 7) is 3.47. The fourth-order valence-electron chi connectivity index (χ4n) is 3.05. The quantitative estimate of drug-likeness (QED) is 0.562. The van der Waals surface area contributed by atoms with Crippen LogP contribution in [0.5, 0.6) is 0 Å². The molecule has 2 aromatic rings. The van der Waals surface area contributed by atoms with Gasteiger partial charge in [0, 0.05) is 26.3 Å². The summed E-state index contributed by atoms with van der Waals surface area (Å²) in [4.78, 5) is 53.1. The lowest BCUT2D eigenvalue weighted by atomic mass is 10.0. The molecule has 11 heteroatoms. The Kier molecular flexibility index (Phi) is 5.75. The van der Waals surface area contributed by atoms with Crippen molar-refractivity contribution in [2.24, 2.45) is 0 Å². The molecule has 0 aliphatic carbocycles. The number of aromatic nitrogens is 2. The van der Waals surface area contributed by atoms with Crippen LogP contribution in [0.1, 0.15) is 32.4 Å². The first-order valence-electron chi connectivity index (χ1n) is 8.36. The lowest BCUT2D eigenvalue weighted by Crippen LogP contribution is -2.40. The van der Waals surface area contributed by atoms with E-state index in [4.69, 9.17) is 18.9 Å². The van der Waals surface area contributed by atoms with Crippen LogP contribution in [-0.4, -0.2) is 52.8 Å². The van der Waals surface area contributed by atoms with E-state index in [1.54, 1.807) is 5.38 Å². The fraction of sp³-hybridized carbons (Fsp3) is 0.471. The number of rotatable bonds is 5. The van der Waals surface area contributed by atoms with E-state index in [1.165, 1.54) is 27.1 Å². The Morgan fingerprint density at radius 2 is 1.82 bits per heavy atom. The summed E-state index contributed by atoms with van der Waals surface area (Å²) >= 11 is 1.16. The summed E-state index contributed by atoms with van der Waals surface area (Å²) in [6, 6.07) is 0. The molecule has 2 aromatic heterocycles. The second-order valence-corrected chi connectivity index (χ2v) is 7.03. The van der Waals surface area contributed by atoms with Crippen LogP contribution in [0.2, 0.25) is 0 Å². The molecule has 0 aromatic carbocycles. The van der Waals surface area contributed by atoms with Crippen molar-refractivity contribution in [3.05, 3.63) is 27.6 Å². The second-order valence-electron chi connectivity index (χ2n) is 6.15. The van der Waals surface area contributed by atoms with Gasteiger partial charge in [0.1, 0.15) is 23.5 Å². The van der Waals surface area contributed by atoms with E-state index in [1.807, 2.05) is 0 Å². The molecule has 3 heterocycles. The van der Waals surface area contributed by atoms with Gasteiger partial charge in [-0.05, 0) is 5.38 Å². The normalized spacial score (nSPS) is 24.1. The van der Waals surface area contributed by atoms with Crippen molar-refractivity contribution in [3.8, 4) is 0 Å². The van der Waals surface area contributed by atoms with Crippen molar-refractivity contribution in [3.63, 3.8) is 0 Å². The molecule has 1 saturated heterocycles. The zero-order valence-electron chi connectivity index (χ0n) is 15.3.